The minimum Gasteiger partial charge on any atom is -0.381 e. The summed E-state index contributed by atoms with van der Waals surface area (Å²) in [5.74, 6) is 0.707. The van der Waals surface area contributed by atoms with Gasteiger partial charge in [-0.2, -0.15) is 0 Å². The Morgan fingerprint density at radius 2 is 1.86 bits per heavy atom. The number of ether oxygens (including phenoxy) is 1. The van der Waals surface area contributed by atoms with Crippen molar-refractivity contribution in [2.45, 2.75) is 57.4 Å². The molecule has 1 unspecified atom stereocenters. The zero-order chi connectivity index (χ0) is 15.4. The summed E-state index contributed by atoms with van der Waals surface area (Å²) in [4.78, 5) is 26.5. The largest absolute Gasteiger partial charge is 0.381 e. The van der Waals surface area contributed by atoms with Crippen molar-refractivity contribution in [2.75, 3.05) is 26.3 Å². The number of rotatable bonds is 4. The first-order valence-corrected chi connectivity index (χ1v) is 8.89. The number of nitrogens with zero attached hydrogens (tertiary/aromatic N) is 1. The Balaban J connectivity index is 1.45. The highest BCUT2D eigenvalue weighted by molar-refractivity contribution is 5.89. The lowest BCUT2D eigenvalue weighted by atomic mass is 9.89. The summed E-state index contributed by atoms with van der Waals surface area (Å²) in [5.41, 5.74) is 0. The molecule has 0 radical (unpaired) electrons. The Kier molecular flexibility index (Phi) is 5.34. The monoisotopic (exact) mass is 308 g/mol. The molecule has 1 N–H and O–H groups in total. The first-order valence-electron chi connectivity index (χ1n) is 8.89. The molecule has 2 saturated heterocycles. The highest BCUT2D eigenvalue weighted by Crippen LogP contribution is 2.26. The van der Waals surface area contributed by atoms with E-state index < -0.39 is 0 Å². The zero-order valence-electron chi connectivity index (χ0n) is 13.4. The number of amides is 2. The highest BCUT2D eigenvalue weighted by atomic mass is 16.5. The van der Waals surface area contributed by atoms with Gasteiger partial charge in [0.25, 0.3) is 0 Å². The maximum atomic E-state index is 12.3. The third-order valence-corrected chi connectivity index (χ3v) is 5.45. The number of likely N-dealkylation sites (tertiary alicyclic amines) is 1. The molecule has 1 saturated carbocycles. The standard InChI is InChI=1S/C17H28N2O3/c20-16-10-14(12-19(16)15-6-8-22-9-7-15)17(21)18-11-13-4-2-1-3-5-13/h13-15H,1-12H2,(H,18,21). The van der Waals surface area contributed by atoms with Crippen LogP contribution in [0.4, 0.5) is 0 Å². The summed E-state index contributed by atoms with van der Waals surface area (Å²) >= 11 is 0. The molecule has 1 aliphatic carbocycles. The molecular formula is C17H28N2O3. The molecular weight excluding hydrogens is 280 g/mol. The molecule has 0 aromatic rings. The number of hydrogen-bond acceptors (Lipinski definition) is 3. The molecule has 3 fully saturated rings. The summed E-state index contributed by atoms with van der Waals surface area (Å²) in [6.07, 6.45) is 8.58. The van der Waals surface area contributed by atoms with Gasteiger partial charge in [0.1, 0.15) is 0 Å². The van der Waals surface area contributed by atoms with E-state index in [1.165, 1.54) is 32.1 Å². The van der Waals surface area contributed by atoms with E-state index in [-0.39, 0.29) is 23.8 Å². The van der Waals surface area contributed by atoms with Gasteiger partial charge in [-0.1, -0.05) is 19.3 Å². The molecule has 1 atom stereocenters. The predicted octanol–water partition coefficient (Wildman–Crippen LogP) is 1.71. The SMILES string of the molecule is O=C(NCC1CCCCC1)C1CC(=O)N(C2CCOCC2)C1. The molecule has 3 aliphatic rings. The van der Waals surface area contributed by atoms with E-state index in [0.29, 0.717) is 18.9 Å². The van der Waals surface area contributed by atoms with Crippen LogP contribution in [-0.4, -0.2) is 49.1 Å². The fourth-order valence-electron chi connectivity index (χ4n) is 4.04. The van der Waals surface area contributed by atoms with Gasteiger partial charge in [-0.3, -0.25) is 9.59 Å². The van der Waals surface area contributed by atoms with Crippen LogP contribution in [0.15, 0.2) is 0 Å². The van der Waals surface area contributed by atoms with Crippen LogP contribution in [0.5, 0.6) is 0 Å². The van der Waals surface area contributed by atoms with E-state index in [2.05, 4.69) is 5.32 Å². The van der Waals surface area contributed by atoms with Gasteiger partial charge < -0.3 is 15.0 Å². The second-order valence-electron chi connectivity index (χ2n) is 7.04. The molecule has 2 aliphatic heterocycles. The molecule has 124 valence electrons. The summed E-state index contributed by atoms with van der Waals surface area (Å²) in [5, 5.41) is 3.10. The lowest BCUT2D eigenvalue weighted by Gasteiger charge is -2.31. The number of hydrogen-bond donors (Lipinski definition) is 1. The molecule has 2 amide bonds. The van der Waals surface area contributed by atoms with Crippen molar-refractivity contribution >= 4 is 11.8 Å². The number of carbonyl (C=O) groups is 2. The smallest absolute Gasteiger partial charge is 0.225 e. The maximum absolute atomic E-state index is 12.3. The Morgan fingerprint density at radius 1 is 1.14 bits per heavy atom. The van der Waals surface area contributed by atoms with Crippen LogP contribution in [0.25, 0.3) is 0 Å². The van der Waals surface area contributed by atoms with Gasteiger partial charge in [-0.15, -0.1) is 0 Å². The topological polar surface area (TPSA) is 58.6 Å². The Morgan fingerprint density at radius 3 is 2.59 bits per heavy atom. The molecule has 0 bridgehead atoms. The van der Waals surface area contributed by atoms with Gasteiger partial charge in [-0.05, 0) is 31.6 Å². The third-order valence-electron chi connectivity index (χ3n) is 5.45. The van der Waals surface area contributed by atoms with E-state index in [1.54, 1.807) is 0 Å². The number of nitrogens with one attached hydrogen (secondary N) is 1. The fraction of sp³-hybridized carbons (Fsp3) is 0.882. The number of carbonyl (C=O) groups excluding carboxylic acids is 2. The Bertz CT molecular complexity index is 401. The fourth-order valence-corrected chi connectivity index (χ4v) is 4.04. The van der Waals surface area contributed by atoms with E-state index in [1.807, 2.05) is 4.90 Å². The van der Waals surface area contributed by atoms with Crippen molar-refractivity contribution in [2.24, 2.45) is 11.8 Å². The molecule has 0 aromatic heterocycles. The molecule has 3 rings (SSSR count). The van der Waals surface area contributed by atoms with Crippen LogP contribution >= 0.6 is 0 Å². The van der Waals surface area contributed by atoms with Crippen molar-refractivity contribution in [3.05, 3.63) is 0 Å². The first kappa shape index (κ1) is 15.8. The summed E-state index contributed by atoms with van der Waals surface area (Å²) in [6.45, 7) is 2.85. The zero-order valence-corrected chi connectivity index (χ0v) is 13.4. The molecule has 5 nitrogen and oxygen atoms in total. The normalized spacial score (nSPS) is 28.1. The van der Waals surface area contributed by atoms with Gasteiger partial charge in [0.05, 0.1) is 5.92 Å². The van der Waals surface area contributed by atoms with Gasteiger partial charge >= 0.3 is 0 Å². The van der Waals surface area contributed by atoms with Crippen LogP contribution in [0, 0.1) is 11.8 Å². The van der Waals surface area contributed by atoms with Crippen LogP contribution in [0.3, 0.4) is 0 Å². The van der Waals surface area contributed by atoms with Gasteiger partial charge in [-0.25, -0.2) is 0 Å². The second-order valence-corrected chi connectivity index (χ2v) is 7.04. The molecule has 22 heavy (non-hydrogen) atoms. The Labute approximate surface area is 132 Å². The van der Waals surface area contributed by atoms with Crippen LogP contribution in [0.2, 0.25) is 0 Å². The molecule has 0 aromatic carbocycles. The van der Waals surface area contributed by atoms with Crippen molar-refractivity contribution in [3.8, 4) is 0 Å². The van der Waals surface area contributed by atoms with E-state index in [0.717, 1.165) is 32.6 Å². The van der Waals surface area contributed by atoms with Gasteiger partial charge in [0, 0.05) is 38.8 Å². The first-order chi connectivity index (χ1) is 10.7. The Hall–Kier alpha value is -1.10. The quantitative estimate of drug-likeness (QED) is 0.860. The minimum atomic E-state index is -0.154. The highest BCUT2D eigenvalue weighted by Gasteiger charge is 2.38. The van der Waals surface area contributed by atoms with E-state index in [4.69, 9.17) is 4.74 Å². The van der Waals surface area contributed by atoms with Crippen LogP contribution in [-0.2, 0) is 14.3 Å². The van der Waals surface area contributed by atoms with Crippen molar-refractivity contribution in [1.82, 2.24) is 10.2 Å². The second kappa shape index (κ2) is 7.44. The average molecular weight is 308 g/mol. The van der Waals surface area contributed by atoms with Crippen LogP contribution in [0.1, 0.15) is 51.4 Å². The predicted molar refractivity (Wildman–Crippen MR) is 83.2 cm³/mol. The molecule has 2 heterocycles. The maximum Gasteiger partial charge on any atom is 0.225 e. The van der Waals surface area contributed by atoms with E-state index in [9.17, 15) is 9.59 Å². The minimum absolute atomic E-state index is 0.0773. The lowest BCUT2D eigenvalue weighted by Crippen LogP contribution is -2.41. The molecule has 5 heteroatoms. The van der Waals surface area contributed by atoms with Gasteiger partial charge in [0.15, 0.2) is 0 Å². The van der Waals surface area contributed by atoms with Crippen molar-refractivity contribution in [1.29, 1.82) is 0 Å². The van der Waals surface area contributed by atoms with Gasteiger partial charge in [0.2, 0.25) is 11.8 Å². The summed E-state index contributed by atoms with van der Waals surface area (Å²) in [7, 11) is 0. The van der Waals surface area contributed by atoms with Crippen LogP contribution < -0.4 is 5.32 Å². The average Bonchev–Trinajstić information content (AvgIpc) is 2.96. The third kappa shape index (κ3) is 3.80. The lowest BCUT2D eigenvalue weighted by molar-refractivity contribution is -0.131. The summed E-state index contributed by atoms with van der Waals surface area (Å²) in [6, 6.07) is 0.275. The summed E-state index contributed by atoms with van der Waals surface area (Å²) < 4.78 is 5.36. The molecule has 0 spiro atoms. The van der Waals surface area contributed by atoms with Crippen molar-refractivity contribution < 1.29 is 14.3 Å². The van der Waals surface area contributed by atoms with Crippen molar-refractivity contribution in [3.63, 3.8) is 0 Å². The van der Waals surface area contributed by atoms with E-state index >= 15 is 0 Å².